The maximum absolute atomic E-state index is 15.3. The number of aryl methyl sites for hydroxylation is 2. The van der Waals surface area contributed by atoms with E-state index in [1.165, 1.54) is 30.9 Å². The van der Waals surface area contributed by atoms with Gasteiger partial charge in [-0.15, -0.1) is 0 Å². The van der Waals surface area contributed by atoms with Crippen LogP contribution in [0.4, 0.5) is 22.0 Å². The van der Waals surface area contributed by atoms with E-state index in [1.54, 1.807) is 0 Å². The Morgan fingerprint density at radius 2 is 1.45 bits per heavy atom. The zero-order chi connectivity index (χ0) is 22.1. The second kappa shape index (κ2) is 8.81. The minimum atomic E-state index is -1.66. The summed E-state index contributed by atoms with van der Waals surface area (Å²) in [5, 5.41) is 0. The fourth-order valence-corrected chi connectivity index (χ4v) is 4.40. The summed E-state index contributed by atoms with van der Waals surface area (Å²) in [6.07, 6.45) is 6.61. The molecule has 31 heavy (non-hydrogen) atoms. The first-order chi connectivity index (χ1) is 14.9. The van der Waals surface area contributed by atoms with Crippen LogP contribution in [0.25, 0.3) is 22.3 Å². The van der Waals surface area contributed by atoms with E-state index in [4.69, 9.17) is 0 Å². The molecule has 0 fully saturated rings. The van der Waals surface area contributed by atoms with Crippen LogP contribution in [0.2, 0.25) is 0 Å². The van der Waals surface area contributed by atoms with Gasteiger partial charge in [0.1, 0.15) is 11.6 Å². The zero-order valence-electron chi connectivity index (χ0n) is 17.3. The Morgan fingerprint density at radius 3 is 2.16 bits per heavy atom. The van der Waals surface area contributed by atoms with Crippen molar-refractivity contribution in [2.45, 2.75) is 51.9 Å². The molecule has 0 unspecified atom stereocenters. The Hall–Kier alpha value is -2.69. The third-order valence-electron chi connectivity index (χ3n) is 6.02. The normalized spacial score (nSPS) is 12.6. The predicted octanol–water partition coefficient (Wildman–Crippen LogP) is 7.94. The van der Waals surface area contributed by atoms with E-state index in [0.29, 0.717) is 36.1 Å². The Morgan fingerprint density at radius 1 is 0.710 bits per heavy atom. The van der Waals surface area contributed by atoms with Gasteiger partial charge in [-0.2, -0.15) is 0 Å². The Balaban J connectivity index is 1.72. The van der Waals surface area contributed by atoms with Crippen LogP contribution in [0.1, 0.15) is 49.3 Å². The molecule has 0 radical (unpaired) electrons. The lowest BCUT2D eigenvalue weighted by Gasteiger charge is -2.23. The zero-order valence-corrected chi connectivity index (χ0v) is 17.3. The van der Waals surface area contributed by atoms with Gasteiger partial charge in [0.05, 0.1) is 5.56 Å². The van der Waals surface area contributed by atoms with E-state index in [-0.39, 0.29) is 5.56 Å². The average Bonchev–Trinajstić information content (AvgIpc) is 2.74. The summed E-state index contributed by atoms with van der Waals surface area (Å²) in [7, 11) is 0. The molecule has 3 aromatic rings. The summed E-state index contributed by atoms with van der Waals surface area (Å²) >= 11 is 0. The fourth-order valence-electron chi connectivity index (χ4n) is 4.40. The van der Waals surface area contributed by atoms with Gasteiger partial charge in [0.2, 0.25) is 0 Å². The number of unbranched alkanes of at least 4 members (excludes halogenated alkanes) is 3. The van der Waals surface area contributed by atoms with Crippen LogP contribution in [0.15, 0.2) is 36.4 Å². The van der Waals surface area contributed by atoms with Crippen molar-refractivity contribution < 1.29 is 22.0 Å². The lowest BCUT2D eigenvalue weighted by atomic mass is 9.82. The molecule has 0 atom stereocenters. The molecule has 5 heteroatoms. The molecule has 3 aromatic carbocycles. The first-order valence-electron chi connectivity index (χ1n) is 10.7. The van der Waals surface area contributed by atoms with Crippen molar-refractivity contribution in [2.75, 3.05) is 0 Å². The number of rotatable bonds is 6. The van der Waals surface area contributed by atoms with E-state index >= 15 is 4.39 Å². The minimum Gasteiger partial charge on any atom is -0.206 e. The smallest absolute Gasteiger partial charge is 0.194 e. The van der Waals surface area contributed by atoms with Crippen molar-refractivity contribution in [3.63, 3.8) is 0 Å². The van der Waals surface area contributed by atoms with Crippen LogP contribution in [-0.4, -0.2) is 0 Å². The lowest BCUT2D eigenvalue weighted by Crippen LogP contribution is -2.09. The van der Waals surface area contributed by atoms with Gasteiger partial charge in [-0.05, 0) is 77.3 Å². The van der Waals surface area contributed by atoms with Crippen molar-refractivity contribution in [3.8, 4) is 22.3 Å². The average molecular weight is 430 g/mol. The number of fused-ring (bicyclic) bond motifs is 3. The van der Waals surface area contributed by atoms with Crippen molar-refractivity contribution in [2.24, 2.45) is 0 Å². The molecule has 0 aromatic heterocycles. The quantitative estimate of drug-likeness (QED) is 0.212. The van der Waals surface area contributed by atoms with Gasteiger partial charge < -0.3 is 0 Å². The molecule has 0 bridgehead atoms. The van der Waals surface area contributed by atoms with E-state index in [2.05, 4.69) is 13.0 Å². The molecule has 0 amide bonds. The molecule has 0 nitrogen and oxygen atoms in total. The van der Waals surface area contributed by atoms with E-state index in [0.717, 1.165) is 24.0 Å². The van der Waals surface area contributed by atoms with Crippen molar-refractivity contribution >= 4 is 0 Å². The first kappa shape index (κ1) is 21.5. The Labute approximate surface area is 178 Å². The summed E-state index contributed by atoms with van der Waals surface area (Å²) in [6.45, 7) is 2.17. The number of benzene rings is 3. The molecule has 4 rings (SSSR count). The van der Waals surface area contributed by atoms with E-state index in [9.17, 15) is 17.6 Å². The van der Waals surface area contributed by atoms with Crippen molar-refractivity contribution in [1.29, 1.82) is 0 Å². The maximum Gasteiger partial charge on any atom is 0.194 e. The summed E-state index contributed by atoms with van der Waals surface area (Å²) in [4.78, 5) is 0. The third kappa shape index (κ3) is 4.10. The van der Waals surface area contributed by atoms with Gasteiger partial charge in [-0.1, -0.05) is 44.4 Å². The highest BCUT2D eigenvalue weighted by atomic mass is 19.2. The van der Waals surface area contributed by atoms with Gasteiger partial charge in [0.25, 0.3) is 0 Å². The van der Waals surface area contributed by atoms with Crippen LogP contribution < -0.4 is 0 Å². The fraction of sp³-hybridized carbons (Fsp3) is 0.308. The molecule has 0 saturated carbocycles. The van der Waals surface area contributed by atoms with Gasteiger partial charge >= 0.3 is 0 Å². The minimum absolute atomic E-state index is 0.310. The van der Waals surface area contributed by atoms with E-state index in [1.807, 2.05) is 12.1 Å². The highest BCUT2D eigenvalue weighted by Crippen LogP contribution is 2.40. The maximum atomic E-state index is 15.3. The van der Waals surface area contributed by atoms with Gasteiger partial charge in [0.15, 0.2) is 17.5 Å². The van der Waals surface area contributed by atoms with E-state index < -0.39 is 34.6 Å². The topological polar surface area (TPSA) is 0 Å². The monoisotopic (exact) mass is 430 g/mol. The second-order valence-corrected chi connectivity index (χ2v) is 8.13. The molecule has 1 aliphatic carbocycles. The summed E-state index contributed by atoms with van der Waals surface area (Å²) in [6, 6.07) is 8.46. The molecular formula is C26H23F5. The van der Waals surface area contributed by atoms with Crippen LogP contribution in [0.3, 0.4) is 0 Å². The predicted molar refractivity (Wildman–Crippen MR) is 112 cm³/mol. The molecule has 0 heterocycles. The molecule has 0 saturated heterocycles. The first-order valence-corrected chi connectivity index (χ1v) is 10.7. The molecule has 1 aliphatic rings. The van der Waals surface area contributed by atoms with Crippen molar-refractivity contribution in [3.05, 3.63) is 82.2 Å². The highest BCUT2D eigenvalue weighted by molar-refractivity contribution is 5.78. The van der Waals surface area contributed by atoms with Crippen molar-refractivity contribution in [1.82, 2.24) is 0 Å². The van der Waals surface area contributed by atoms with Gasteiger partial charge in [0, 0.05) is 0 Å². The number of hydrogen-bond acceptors (Lipinski definition) is 0. The number of hydrogen-bond donors (Lipinski definition) is 0. The Bertz CT molecular complexity index is 1110. The van der Waals surface area contributed by atoms with Crippen LogP contribution in [0, 0.1) is 29.1 Å². The molecule has 0 spiro atoms. The second-order valence-electron chi connectivity index (χ2n) is 8.13. The summed E-state index contributed by atoms with van der Waals surface area (Å²) < 4.78 is 70.8. The van der Waals surface area contributed by atoms with Gasteiger partial charge in [-0.25, -0.2) is 22.0 Å². The molecule has 0 N–H and O–H groups in total. The third-order valence-corrected chi connectivity index (χ3v) is 6.02. The molecule has 162 valence electrons. The standard InChI is InChI=1S/C26H23F5/c1-2-3-4-5-6-15-7-9-18-16(11-15)8-10-19-20(18)14-21(27)24(25(19)30)17-12-22(28)26(31)23(29)13-17/h7,9,11-14H,2-6,8,10H2,1H3. The molecular weight excluding hydrogens is 407 g/mol. The van der Waals surface area contributed by atoms with Crippen LogP contribution >= 0.6 is 0 Å². The van der Waals surface area contributed by atoms with Crippen LogP contribution in [-0.2, 0) is 19.3 Å². The SMILES string of the molecule is CCCCCCc1ccc2c(c1)CCc1c-2cc(F)c(-c2cc(F)c(F)c(F)c2)c1F. The van der Waals surface area contributed by atoms with Gasteiger partial charge in [-0.3, -0.25) is 0 Å². The summed E-state index contributed by atoms with van der Waals surface area (Å²) in [5.41, 5.74) is 2.92. The number of halogens is 5. The highest BCUT2D eigenvalue weighted by Gasteiger charge is 2.26. The lowest BCUT2D eigenvalue weighted by molar-refractivity contribution is 0.447. The largest absolute Gasteiger partial charge is 0.206 e. The Kier molecular flexibility index (Phi) is 6.12. The molecule has 0 aliphatic heterocycles. The van der Waals surface area contributed by atoms with Crippen LogP contribution in [0.5, 0.6) is 0 Å². The summed E-state index contributed by atoms with van der Waals surface area (Å²) in [5.74, 6) is -6.42.